The van der Waals surface area contributed by atoms with Gasteiger partial charge in [0.2, 0.25) is 0 Å². The molecule has 4 rings (SSSR count). The summed E-state index contributed by atoms with van der Waals surface area (Å²) in [6.07, 6.45) is 0.590. The van der Waals surface area contributed by atoms with Crippen LogP contribution in [0.2, 0.25) is 0 Å². The van der Waals surface area contributed by atoms with Gasteiger partial charge in [0.1, 0.15) is 12.4 Å². The van der Waals surface area contributed by atoms with Crippen LogP contribution in [0.3, 0.4) is 0 Å². The molecule has 0 unspecified atom stereocenters. The number of ether oxygens (including phenoxy) is 3. The summed E-state index contributed by atoms with van der Waals surface area (Å²) in [4.78, 5) is 24.9. The van der Waals surface area contributed by atoms with Crippen LogP contribution in [-0.2, 0) is 4.74 Å². The number of anilines is 2. The number of nitrogens with one attached hydrogen (secondary N) is 2. The van der Waals surface area contributed by atoms with Crippen molar-refractivity contribution in [3.05, 3.63) is 84.1 Å². The first-order chi connectivity index (χ1) is 18.0. The molecule has 1 heterocycles. The number of para-hydroxylation sites is 3. The van der Waals surface area contributed by atoms with Crippen molar-refractivity contribution in [2.45, 2.75) is 6.42 Å². The summed E-state index contributed by atoms with van der Waals surface area (Å²) in [5, 5.41) is 6.41. The van der Waals surface area contributed by atoms with E-state index in [1.165, 1.54) is 0 Å². The van der Waals surface area contributed by atoms with Crippen LogP contribution in [0.5, 0.6) is 11.5 Å². The average molecular weight is 504 g/mol. The minimum Gasteiger partial charge on any atom is -0.494 e. The molecule has 0 saturated carbocycles. The predicted molar refractivity (Wildman–Crippen MR) is 141 cm³/mol. The second kappa shape index (κ2) is 12.5. The molecule has 0 bridgehead atoms. The maximum atomic E-state index is 12.5. The number of methoxy groups -OCH3 is 1. The van der Waals surface area contributed by atoms with Crippen molar-refractivity contribution < 1.29 is 28.2 Å². The number of fused-ring (bicyclic) bond motifs is 1. The first-order valence-electron chi connectivity index (χ1n) is 11.9. The molecule has 0 fully saturated rings. The highest BCUT2D eigenvalue weighted by Gasteiger charge is 2.15. The second-order valence-electron chi connectivity index (χ2n) is 8.15. The van der Waals surface area contributed by atoms with Crippen LogP contribution in [0.4, 0.5) is 11.4 Å². The molecule has 2 amide bonds. The first-order valence-corrected chi connectivity index (χ1v) is 11.9. The van der Waals surface area contributed by atoms with Gasteiger partial charge in [0, 0.05) is 24.6 Å². The third kappa shape index (κ3) is 6.80. The summed E-state index contributed by atoms with van der Waals surface area (Å²) in [5.74, 6) is 0.833. The Morgan fingerprint density at radius 3 is 2.49 bits per heavy atom. The number of benzene rings is 3. The van der Waals surface area contributed by atoms with E-state index in [2.05, 4.69) is 10.6 Å². The zero-order valence-corrected chi connectivity index (χ0v) is 20.5. The van der Waals surface area contributed by atoms with E-state index >= 15 is 0 Å². The Kier molecular flexibility index (Phi) is 8.62. The molecule has 0 atom stereocenters. The number of hydrogen-bond acceptors (Lipinski definition) is 7. The standard InChI is InChI=1S/C28H29N3O6/c1-34-16-17-36-24-9-4-6-20-18-25(37-26(20)24)28(33)30-14-5-15-35-21-12-10-19(11-13-21)27(32)31-23-8-3-2-7-22(23)29/h2-4,6-13,18H,5,14-17,29H2,1H3,(H,30,33)(H,31,32). The SMILES string of the molecule is COCCOc1cccc2cc(C(=O)NCCCOc3ccc(C(=O)Nc4ccccc4N)cc3)oc12. The fourth-order valence-electron chi connectivity index (χ4n) is 3.56. The van der Waals surface area contributed by atoms with Crippen molar-refractivity contribution in [2.24, 2.45) is 0 Å². The summed E-state index contributed by atoms with van der Waals surface area (Å²) in [6.45, 7) is 1.64. The number of rotatable bonds is 12. The van der Waals surface area contributed by atoms with Crippen molar-refractivity contribution in [3.8, 4) is 11.5 Å². The molecular weight excluding hydrogens is 474 g/mol. The van der Waals surface area contributed by atoms with Gasteiger partial charge in [-0.05, 0) is 55.0 Å². The fraction of sp³-hybridized carbons (Fsp3) is 0.214. The Balaban J connectivity index is 1.21. The Morgan fingerprint density at radius 1 is 0.892 bits per heavy atom. The van der Waals surface area contributed by atoms with Gasteiger partial charge in [0.25, 0.3) is 11.8 Å². The van der Waals surface area contributed by atoms with Gasteiger partial charge in [-0.2, -0.15) is 0 Å². The van der Waals surface area contributed by atoms with Crippen molar-refractivity contribution in [1.82, 2.24) is 5.32 Å². The second-order valence-corrected chi connectivity index (χ2v) is 8.15. The number of hydrogen-bond donors (Lipinski definition) is 3. The molecule has 0 aliphatic carbocycles. The van der Waals surface area contributed by atoms with Gasteiger partial charge in [-0.25, -0.2) is 0 Å². The van der Waals surface area contributed by atoms with Crippen LogP contribution in [0.25, 0.3) is 11.0 Å². The van der Waals surface area contributed by atoms with Crippen LogP contribution in [0.1, 0.15) is 27.3 Å². The predicted octanol–water partition coefficient (Wildman–Crippen LogP) is 4.49. The molecule has 0 spiro atoms. The number of furan rings is 1. The topological polar surface area (TPSA) is 125 Å². The minimum absolute atomic E-state index is 0.213. The summed E-state index contributed by atoms with van der Waals surface area (Å²) >= 11 is 0. The zero-order valence-electron chi connectivity index (χ0n) is 20.5. The molecular formula is C28H29N3O6. The molecule has 4 N–H and O–H groups in total. The summed E-state index contributed by atoms with van der Waals surface area (Å²) < 4.78 is 22.1. The number of carbonyl (C=O) groups is 2. The van der Waals surface area contributed by atoms with Crippen LogP contribution >= 0.6 is 0 Å². The minimum atomic E-state index is -0.312. The maximum Gasteiger partial charge on any atom is 0.287 e. The lowest BCUT2D eigenvalue weighted by Crippen LogP contribution is -2.25. The zero-order chi connectivity index (χ0) is 26.0. The number of nitrogen functional groups attached to an aromatic ring is 1. The summed E-state index contributed by atoms with van der Waals surface area (Å²) in [7, 11) is 1.60. The van der Waals surface area contributed by atoms with Crippen LogP contribution in [-0.4, -0.2) is 45.3 Å². The maximum absolute atomic E-state index is 12.5. The lowest BCUT2D eigenvalue weighted by molar-refractivity contribution is 0.0925. The Bertz CT molecular complexity index is 1350. The van der Waals surface area contributed by atoms with Crippen LogP contribution < -0.4 is 25.8 Å². The monoisotopic (exact) mass is 503 g/mol. The summed E-state index contributed by atoms with van der Waals surface area (Å²) in [5.41, 5.74) is 7.95. The Labute approximate surface area is 214 Å². The van der Waals surface area contributed by atoms with Gasteiger partial charge < -0.3 is 35.0 Å². The molecule has 192 valence electrons. The van der Waals surface area contributed by atoms with E-state index in [1.54, 1.807) is 67.8 Å². The van der Waals surface area contributed by atoms with E-state index in [1.807, 2.05) is 12.1 Å². The molecule has 0 saturated heterocycles. The van der Waals surface area contributed by atoms with E-state index in [9.17, 15) is 9.59 Å². The van der Waals surface area contributed by atoms with E-state index in [4.69, 9.17) is 24.4 Å². The van der Waals surface area contributed by atoms with Gasteiger partial charge in [0.05, 0.1) is 24.6 Å². The smallest absolute Gasteiger partial charge is 0.287 e. The lowest BCUT2D eigenvalue weighted by atomic mass is 10.2. The van der Waals surface area contributed by atoms with Crippen molar-refractivity contribution in [3.63, 3.8) is 0 Å². The molecule has 0 aliphatic rings. The fourth-order valence-corrected chi connectivity index (χ4v) is 3.56. The molecule has 9 nitrogen and oxygen atoms in total. The van der Waals surface area contributed by atoms with Crippen LogP contribution in [0, 0.1) is 0 Å². The highest BCUT2D eigenvalue weighted by Crippen LogP contribution is 2.28. The molecule has 3 aromatic carbocycles. The quantitative estimate of drug-likeness (QED) is 0.192. The molecule has 0 aliphatic heterocycles. The molecule has 1 aromatic heterocycles. The van der Waals surface area contributed by atoms with E-state index in [0.717, 1.165) is 5.39 Å². The average Bonchev–Trinajstić information content (AvgIpc) is 3.36. The van der Waals surface area contributed by atoms with Gasteiger partial charge in [-0.3, -0.25) is 9.59 Å². The van der Waals surface area contributed by atoms with Crippen molar-refractivity contribution in [1.29, 1.82) is 0 Å². The molecule has 4 aromatic rings. The Morgan fingerprint density at radius 2 is 1.70 bits per heavy atom. The first kappa shape index (κ1) is 25.6. The number of carbonyl (C=O) groups excluding carboxylic acids is 2. The van der Waals surface area contributed by atoms with Gasteiger partial charge in [-0.1, -0.05) is 24.3 Å². The van der Waals surface area contributed by atoms with E-state index < -0.39 is 0 Å². The van der Waals surface area contributed by atoms with Gasteiger partial charge in [0.15, 0.2) is 17.1 Å². The third-order valence-electron chi connectivity index (χ3n) is 5.48. The van der Waals surface area contributed by atoms with Crippen molar-refractivity contribution in [2.75, 3.05) is 44.5 Å². The molecule has 9 heteroatoms. The van der Waals surface area contributed by atoms with E-state index in [-0.39, 0.29) is 17.6 Å². The number of amides is 2. The van der Waals surface area contributed by atoms with Gasteiger partial charge >= 0.3 is 0 Å². The largest absolute Gasteiger partial charge is 0.494 e. The molecule has 0 radical (unpaired) electrons. The lowest BCUT2D eigenvalue weighted by Gasteiger charge is -2.09. The van der Waals surface area contributed by atoms with Crippen molar-refractivity contribution >= 4 is 34.2 Å². The van der Waals surface area contributed by atoms with E-state index in [0.29, 0.717) is 66.8 Å². The highest BCUT2D eigenvalue weighted by atomic mass is 16.5. The number of nitrogens with two attached hydrogens (primary N) is 1. The normalized spacial score (nSPS) is 10.7. The molecule has 37 heavy (non-hydrogen) atoms. The van der Waals surface area contributed by atoms with Crippen LogP contribution in [0.15, 0.2) is 77.2 Å². The summed E-state index contributed by atoms with van der Waals surface area (Å²) in [6, 6.07) is 21.1. The van der Waals surface area contributed by atoms with Gasteiger partial charge in [-0.15, -0.1) is 0 Å². The third-order valence-corrected chi connectivity index (χ3v) is 5.48. The Hall–Kier alpha value is -4.50. The highest BCUT2D eigenvalue weighted by molar-refractivity contribution is 6.05.